The highest BCUT2D eigenvalue weighted by Gasteiger charge is 2.12. The lowest BCUT2D eigenvalue weighted by atomic mass is 10.2. The molecule has 0 aliphatic heterocycles. The Bertz CT molecular complexity index is 994. The van der Waals surface area contributed by atoms with Gasteiger partial charge in [-0.05, 0) is 29.7 Å². The molecule has 0 amide bonds. The highest BCUT2D eigenvalue weighted by Crippen LogP contribution is 2.28. The molecule has 1 aromatic carbocycles. The monoisotopic (exact) mass is 351 g/mol. The molecule has 0 saturated heterocycles. The van der Waals surface area contributed by atoms with Crippen molar-refractivity contribution in [1.82, 2.24) is 5.16 Å². The number of carbonyl (C=O) groups excluding carboxylic acids is 1. The number of rotatable bonds is 5. The number of hydrogen-bond acceptors (Lipinski definition) is 6. The Hall–Kier alpha value is -3.12. The average Bonchev–Trinajstić information content (AvgIpc) is 3.38. The van der Waals surface area contributed by atoms with E-state index in [0.29, 0.717) is 17.2 Å². The fourth-order valence-electron chi connectivity index (χ4n) is 2.33. The lowest BCUT2D eigenvalue weighted by Crippen LogP contribution is -2.00. The van der Waals surface area contributed by atoms with E-state index < -0.39 is 5.97 Å². The van der Waals surface area contributed by atoms with Crippen molar-refractivity contribution in [3.05, 3.63) is 70.6 Å². The molecule has 0 spiro atoms. The molecular formula is C19H13NO4S. The largest absolute Gasteiger partial charge is 0.456 e. The van der Waals surface area contributed by atoms with Crippen LogP contribution in [0.1, 0.15) is 10.6 Å². The maximum absolute atomic E-state index is 11.7. The summed E-state index contributed by atoms with van der Waals surface area (Å²) in [7, 11) is 0. The van der Waals surface area contributed by atoms with Gasteiger partial charge in [-0.25, -0.2) is 4.79 Å². The third-order valence-corrected chi connectivity index (χ3v) is 4.35. The molecule has 4 rings (SSSR count). The minimum Gasteiger partial charge on any atom is -0.456 e. The zero-order valence-corrected chi connectivity index (χ0v) is 13.9. The van der Waals surface area contributed by atoms with Crippen molar-refractivity contribution >= 4 is 34.4 Å². The highest BCUT2D eigenvalue weighted by molar-refractivity contribution is 7.10. The van der Waals surface area contributed by atoms with Crippen LogP contribution in [0.2, 0.25) is 0 Å². The van der Waals surface area contributed by atoms with Crippen LogP contribution in [-0.4, -0.2) is 11.1 Å². The molecule has 3 aromatic heterocycles. The molecule has 0 radical (unpaired) electrons. The third-order valence-electron chi connectivity index (χ3n) is 3.52. The number of carbonyl (C=O) groups is 1. The van der Waals surface area contributed by atoms with Crippen LogP contribution in [0.15, 0.2) is 68.9 Å². The first-order chi connectivity index (χ1) is 12.3. The van der Waals surface area contributed by atoms with Crippen molar-refractivity contribution in [3.8, 4) is 11.5 Å². The first-order valence-corrected chi connectivity index (χ1v) is 8.49. The Morgan fingerprint density at radius 2 is 2.08 bits per heavy atom. The van der Waals surface area contributed by atoms with Gasteiger partial charge >= 0.3 is 5.97 Å². The normalized spacial score (nSPS) is 11.4. The van der Waals surface area contributed by atoms with E-state index in [4.69, 9.17) is 13.7 Å². The van der Waals surface area contributed by atoms with Crippen LogP contribution in [0.4, 0.5) is 0 Å². The molecule has 0 atom stereocenters. The van der Waals surface area contributed by atoms with Gasteiger partial charge < -0.3 is 13.7 Å². The minimum atomic E-state index is -0.429. The second-order valence-corrected chi connectivity index (χ2v) is 6.27. The predicted molar refractivity (Wildman–Crippen MR) is 94.9 cm³/mol. The molecule has 0 aliphatic carbocycles. The van der Waals surface area contributed by atoms with Gasteiger partial charge in [-0.1, -0.05) is 29.4 Å². The van der Waals surface area contributed by atoms with Gasteiger partial charge in [0.2, 0.25) is 5.76 Å². The van der Waals surface area contributed by atoms with Gasteiger partial charge in [-0.3, -0.25) is 0 Å². The molecule has 3 heterocycles. The lowest BCUT2D eigenvalue weighted by molar-refractivity contribution is -0.139. The topological polar surface area (TPSA) is 65.5 Å². The summed E-state index contributed by atoms with van der Waals surface area (Å²) in [6.07, 6.45) is 3.11. The van der Waals surface area contributed by atoms with E-state index in [1.165, 1.54) is 6.08 Å². The molecule has 5 nitrogen and oxygen atoms in total. The van der Waals surface area contributed by atoms with E-state index in [9.17, 15) is 4.79 Å². The smallest absolute Gasteiger partial charge is 0.331 e. The molecule has 0 fully saturated rings. The molecule has 0 saturated carbocycles. The third kappa shape index (κ3) is 3.54. The Morgan fingerprint density at radius 1 is 1.16 bits per heavy atom. The van der Waals surface area contributed by atoms with Crippen LogP contribution in [0, 0.1) is 0 Å². The Labute approximate surface area is 147 Å². The maximum atomic E-state index is 11.7. The van der Waals surface area contributed by atoms with Crippen LogP contribution >= 0.6 is 11.3 Å². The fraction of sp³-hybridized carbons (Fsp3) is 0.0526. The summed E-state index contributed by atoms with van der Waals surface area (Å²) in [6.45, 7) is 0.0390. The standard InChI is InChI=1S/C19H13NO4S/c21-19(8-7-15-5-3-9-25-15)22-12-14-11-18(24-20-14)17-10-13-4-1-2-6-16(13)23-17/h1-11H,12H2. The molecule has 0 unspecified atom stereocenters. The van der Waals surface area contributed by atoms with Crippen molar-refractivity contribution in [1.29, 1.82) is 0 Å². The summed E-state index contributed by atoms with van der Waals surface area (Å²) in [5, 5.41) is 6.84. The van der Waals surface area contributed by atoms with E-state index in [1.807, 2.05) is 47.8 Å². The van der Waals surface area contributed by atoms with E-state index in [2.05, 4.69) is 5.16 Å². The van der Waals surface area contributed by atoms with Crippen molar-refractivity contribution in [3.63, 3.8) is 0 Å². The first-order valence-electron chi connectivity index (χ1n) is 7.61. The van der Waals surface area contributed by atoms with E-state index >= 15 is 0 Å². The number of ether oxygens (including phenoxy) is 1. The van der Waals surface area contributed by atoms with Crippen molar-refractivity contribution < 1.29 is 18.5 Å². The van der Waals surface area contributed by atoms with Gasteiger partial charge in [0.25, 0.3) is 0 Å². The molecule has 0 bridgehead atoms. The number of benzene rings is 1. The van der Waals surface area contributed by atoms with Crippen molar-refractivity contribution in [2.24, 2.45) is 0 Å². The summed E-state index contributed by atoms with van der Waals surface area (Å²) < 4.78 is 16.2. The number of esters is 1. The molecule has 0 N–H and O–H groups in total. The van der Waals surface area contributed by atoms with Crippen molar-refractivity contribution in [2.45, 2.75) is 6.61 Å². The van der Waals surface area contributed by atoms with Gasteiger partial charge in [0.05, 0.1) is 0 Å². The lowest BCUT2D eigenvalue weighted by Gasteiger charge is -1.96. The van der Waals surface area contributed by atoms with Gasteiger partial charge in [-0.2, -0.15) is 0 Å². The number of hydrogen-bond donors (Lipinski definition) is 0. The molecule has 0 aliphatic rings. The minimum absolute atomic E-state index is 0.0390. The SMILES string of the molecule is O=C(C=Cc1cccs1)OCc1cc(-c2cc3ccccc3o2)on1. The van der Waals surface area contributed by atoms with Gasteiger partial charge in [0.1, 0.15) is 17.9 Å². The zero-order valence-electron chi connectivity index (χ0n) is 13.0. The molecule has 6 heteroatoms. The number of fused-ring (bicyclic) bond motifs is 1. The van der Waals surface area contributed by atoms with Crippen LogP contribution < -0.4 is 0 Å². The first kappa shape index (κ1) is 15.4. The number of nitrogens with zero attached hydrogens (tertiary/aromatic N) is 1. The van der Waals surface area contributed by atoms with Gasteiger partial charge in [0.15, 0.2) is 5.76 Å². The number of thiophene rings is 1. The molecular weight excluding hydrogens is 338 g/mol. The summed E-state index contributed by atoms with van der Waals surface area (Å²) in [5.41, 5.74) is 1.30. The van der Waals surface area contributed by atoms with Crippen LogP contribution in [0.25, 0.3) is 28.6 Å². The maximum Gasteiger partial charge on any atom is 0.331 e. The van der Waals surface area contributed by atoms with E-state index in [-0.39, 0.29) is 6.61 Å². The Kier molecular flexibility index (Phi) is 4.18. The van der Waals surface area contributed by atoms with Crippen LogP contribution in [0.3, 0.4) is 0 Å². The average molecular weight is 351 g/mol. The van der Waals surface area contributed by atoms with E-state index in [1.54, 1.807) is 23.5 Å². The highest BCUT2D eigenvalue weighted by atomic mass is 32.1. The summed E-state index contributed by atoms with van der Waals surface area (Å²) in [6, 6.07) is 15.1. The van der Waals surface area contributed by atoms with Crippen molar-refractivity contribution in [2.75, 3.05) is 0 Å². The fourth-order valence-corrected chi connectivity index (χ4v) is 2.95. The Morgan fingerprint density at radius 3 is 2.92 bits per heavy atom. The summed E-state index contributed by atoms with van der Waals surface area (Å²) in [4.78, 5) is 12.7. The summed E-state index contributed by atoms with van der Waals surface area (Å²) in [5.74, 6) is 0.655. The quantitative estimate of drug-likeness (QED) is 0.378. The predicted octanol–water partition coefficient (Wildman–Crippen LogP) is 4.91. The zero-order chi connectivity index (χ0) is 17.1. The second-order valence-electron chi connectivity index (χ2n) is 5.29. The van der Waals surface area contributed by atoms with Crippen LogP contribution in [0.5, 0.6) is 0 Å². The number of para-hydroxylation sites is 1. The van der Waals surface area contributed by atoms with E-state index in [0.717, 1.165) is 15.8 Å². The molecule has 124 valence electrons. The second kappa shape index (κ2) is 6.78. The molecule has 4 aromatic rings. The number of aromatic nitrogens is 1. The van der Waals surface area contributed by atoms with Gasteiger partial charge in [-0.15, -0.1) is 11.3 Å². The Balaban J connectivity index is 1.40. The molecule has 25 heavy (non-hydrogen) atoms. The van der Waals surface area contributed by atoms with Gasteiger partial charge in [0, 0.05) is 22.4 Å². The summed E-state index contributed by atoms with van der Waals surface area (Å²) >= 11 is 1.55. The van der Waals surface area contributed by atoms with Crippen LogP contribution in [-0.2, 0) is 16.1 Å². The number of furan rings is 1.